The Labute approximate surface area is 206 Å². The third-order valence-corrected chi connectivity index (χ3v) is 8.71. The highest BCUT2D eigenvalue weighted by atomic mass is 32.2. The first-order valence-electron chi connectivity index (χ1n) is 12.3. The SMILES string of the molecule is COc1cc(C)c(S(=O)(=O)N(C)CCC(=O)NC2CCC(NCCCCN(C)C)CC2)c(C)c1. The van der Waals surface area contributed by atoms with Gasteiger partial charge in [0.05, 0.1) is 12.0 Å². The number of benzene rings is 1. The lowest BCUT2D eigenvalue weighted by atomic mass is 9.91. The van der Waals surface area contributed by atoms with Gasteiger partial charge in [0.2, 0.25) is 15.9 Å². The Hall–Kier alpha value is -1.68. The lowest BCUT2D eigenvalue weighted by Gasteiger charge is -2.30. The molecular formula is C25H44N4O4S. The van der Waals surface area contributed by atoms with E-state index >= 15 is 0 Å². The molecule has 34 heavy (non-hydrogen) atoms. The fourth-order valence-electron chi connectivity index (χ4n) is 4.57. The predicted octanol–water partition coefficient (Wildman–Crippen LogP) is 2.68. The molecule has 1 amide bonds. The summed E-state index contributed by atoms with van der Waals surface area (Å²) in [7, 11) is 3.60. The van der Waals surface area contributed by atoms with Crippen molar-refractivity contribution in [3.63, 3.8) is 0 Å². The molecule has 1 aromatic carbocycles. The molecule has 2 N–H and O–H groups in total. The van der Waals surface area contributed by atoms with Crippen molar-refractivity contribution in [3.8, 4) is 5.75 Å². The summed E-state index contributed by atoms with van der Waals surface area (Å²) in [6.45, 7) is 5.83. The molecule has 0 spiro atoms. The van der Waals surface area contributed by atoms with Crippen molar-refractivity contribution < 1.29 is 17.9 Å². The number of hydrogen-bond acceptors (Lipinski definition) is 6. The maximum atomic E-state index is 13.1. The molecule has 0 atom stereocenters. The molecule has 0 bridgehead atoms. The highest BCUT2D eigenvalue weighted by Gasteiger charge is 2.27. The number of nitrogens with zero attached hydrogens (tertiary/aromatic N) is 2. The van der Waals surface area contributed by atoms with Gasteiger partial charge in [-0.25, -0.2) is 12.7 Å². The number of rotatable bonds is 13. The van der Waals surface area contributed by atoms with Gasteiger partial charge in [-0.1, -0.05) is 0 Å². The molecule has 0 saturated heterocycles. The van der Waals surface area contributed by atoms with E-state index < -0.39 is 10.0 Å². The number of ether oxygens (including phenoxy) is 1. The van der Waals surface area contributed by atoms with Gasteiger partial charge in [0.15, 0.2) is 0 Å². The van der Waals surface area contributed by atoms with Crippen LogP contribution in [0.2, 0.25) is 0 Å². The van der Waals surface area contributed by atoms with E-state index in [1.165, 1.54) is 24.2 Å². The number of sulfonamides is 1. The van der Waals surface area contributed by atoms with Crippen LogP contribution in [0.25, 0.3) is 0 Å². The molecule has 1 aliphatic rings. The minimum absolute atomic E-state index is 0.0923. The standard InChI is InChI=1S/C25H44N4O4S/c1-19-17-23(33-6)18-20(2)25(19)34(31,32)29(5)16-13-24(30)27-22-11-9-21(10-12-22)26-14-7-8-15-28(3)4/h17-18,21-22,26H,7-16H2,1-6H3,(H,27,30). The van der Waals surface area contributed by atoms with Crippen LogP contribution >= 0.6 is 0 Å². The van der Waals surface area contributed by atoms with Gasteiger partial charge >= 0.3 is 0 Å². The molecule has 8 nitrogen and oxygen atoms in total. The van der Waals surface area contributed by atoms with Crippen molar-refractivity contribution >= 4 is 15.9 Å². The highest BCUT2D eigenvalue weighted by Crippen LogP contribution is 2.28. The summed E-state index contributed by atoms with van der Waals surface area (Å²) in [4.78, 5) is 15.0. The molecule has 1 saturated carbocycles. The summed E-state index contributed by atoms with van der Waals surface area (Å²) in [5.74, 6) is 0.538. The first-order chi connectivity index (χ1) is 16.0. The molecule has 1 fully saturated rings. The second-order valence-corrected chi connectivity index (χ2v) is 11.7. The van der Waals surface area contributed by atoms with Crippen molar-refractivity contribution in [1.82, 2.24) is 19.8 Å². The molecule has 0 unspecified atom stereocenters. The first-order valence-corrected chi connectivity index (χ1v) is 13.8. The van der Waals surface area contributed by atoms with Gasteiger partial charge in [0, 0.05) is 32.1 Å². The topological polar surface area (TPSA) is 91.0 Å². The Morgan fingerprint density at radius 3 is 2.15 bits per heavy atom. The molecular weight excluding hydrogens is 452 g/mol. The van der Waals surface area contributed by atoms with Crippen molar-refractivity contribution in [2.75, 3.05) is 47.9 Å². The van der Waals surface area contributed by atoms with Gasteiger partial charge in [-0.2, -0.15) is 0 Å². The van der Waals surface area contributed by atoms with Gasteiger partial charge < -0.3 is 20.3 Å². The number of hydrogen-bond donors (Lipinski definition) is 2. The van der Waals surface area contributed by atoms with E-state index in [4.69, 9.17) is 4.74 Å². The number of carbonyl (C=O) groups excluding carboxylic acids is 1. The minimum atomic E-state index is -3.69. The second kappa shape index (κ2) is 13.4. The van der Waals surface area contributed by atoms with Gasteiger partial charge in [-0.15, -0.1) is 0 Å². The zero-order chi connectivity index (χ0) is 25.3. The Morgan fingerprint density at radius 2 is 1.59 bits per heavy atom. The van der Waals surface area contributed by atoms with Crippen LogP contribution in [0.4, 0.5) is 0 Å². The van der Waals surface area contributed by atoms with Crippen molar-refractivity contribution in [2.24, 2.45) is 0 Å². The number of carbonyl (C=O) groups is 1. The molecule has 1 aromatic rings. The van der Waals surface area contributed by atoms with Crippen LogP contribution in [0.1, 0.15) is 56.1 Å². The summed E-state index contributed by atoms with van der Waals surface area (Å²) in [5.41, 5.74) is 1.27. The quantitative estimate of drug-likeness (QED) is 0.408. The van der Waals surface area contributed by atoms with E-state index in [1.54, 1.807) is 33.1 Å². The van der Waals surface area contributed by atoms with Crippen molar-refractivity contribution in [1.29, 1.82) is 0 Å². The fourth-order valence-corrected chi connectivity index (χ4v) is 6.15. The smallest absolute Gasteiger partial charge is 0.243 e. The molecule has 0 radical (unpaired) electrons. The second-order valence-electron chi connectivity index (χ2n) is 9.75. The summed E-state index contributed by atoms with van der Waals surface area (Å²) in [6.07, 6.45) is 6.56. The van der Waals surface area contributed by atoms with Crippen LogP contribution in [0.5, 0.6) is 5.75 Å². The first kappa shape index (κ1) is 28.6. The zero-order valence-electron chi connectivity index (χ0n) is 21.8. The number of unbranched alkanes of at least 4 members (excludes halogenated alkanes) is 1. The van der Waals surface area contributed by atoms with Gasteiger partial charge in [0.1, 0.15) is 5.75 Å². The molecule has 0 heterocycles. The molecule has 194 valence electrons. The lowest BCUT2D eigenvalue weighted by Crippen LogP contribution is -2.43. The normalized spacial score (nSPS) is 18.9. The third-order valence-electron chi connectivity index (χ3n) is 6.55. The van der Waals surface area contributed by atoms with Gasteiger partial charge in [-0.05, 0) is 103 Å². The van der Waals surface area contributed by atoms with E-state index in [0.29, 0.717) is 22.9 Å². The van der Waals surface area contributed by atoms with E-state index in [9.17, 15) is 13.2 Å². The Balaban J connectivity index is 1.75. The number of amides is 1. The highest BCUT2D eigenvalue weighted by molar-refractivity contribution is 7.89. The van der Waals surface area contributed by atoms with Crippen LogP contribution in [-0.4, -0.2) is 83.5 Å². The largest absolute Gasteiger partial charge is 0.497 e. The molecule has 1 aliphatic carbocycles. The Bertz CT molecular complexity index is 873. The summed E-state index contributed by atoms with van der Waals surface area (Å²) in [6, 6.07) is 4.14. The maximum absolute atomic E-state index is 13.1. The average Bonchev–Trinajstić information content (AvgIpc) is 2.77. The van der Waals surface area contributed by atoms with Crippen molar-refractivity contribution in [3.05, 3.63) is 23.3 Å². The molecule has 2 rings (SSSR count). The van der Waals surface area contributed by atoms with Crippen LogP contribution in [0, 0.1) is 13.8 Å². The lowest BCUT2D eigenvalue weighted by molar-refractivity contribution is -0.122. The summed E-state index contributed by atoms with van der Waals surface area (Å²) in [5, 5.41) is 6.75. The van der Waals surface area contributed by atoms with E-state index in [1.807, 2.05) is 0 Å². The van der Waals surface area contributed by atoms with Crippen LogP contribution in [-0.2, 0) is 14.8 Å². The third kappa shape index (κ3) is 8.52. The van der Waals surface area contributed by atoms with Gasteiger partial charge in [0.25, 0.3) is 0 Å². The maximum Gasteiger partial charge on any atom is 0.243 e. The van der Waals surface area contributed by atoms with Gasteiger partial charge in [-0.3, -0.25) is 4.79 Å². The molecule has 9 heteroatoms. The average molecular weight is 497 g/mol. The Kier molecular flexibility index (Phi) is 11.3. The Morgan fingerprint density at radius 1 is 1.00 bits per heavy atom. The zero-order valence-corrected chi connectivity index (χ0v) is 22.6. The van der Waals surface area contributed by atoms with E-state index in [0.717, 1.165) is 38.8 Å². The van der Waals surface area contributed by atoms with Crippen molar-refractivity contribution in [2.45, 2.75) is 75.8 Å². The number of nitrogens with one attached hydrogen (secondary N) is 2. The predicted molar refractivity (Wildman–Crippen MR) is 137 cm³/mol. The van der Waals surface area contributed by atoms with Crippen LogP contribution in [0.3, 0.4) is 0 Å². The van der Waals surface area contributed by atoms with Crippen LogP contribution in [0.15, 0.2) is 17.0 Å². The fraction of sp³-hybridized carbons (Fsp3) is 0.720. The van der Waals surface area contributed by atoms with Crippen LogP contribution < -0.4 is 15.4 Å². The monoisotopic (exact) mass is 496 g/mol. The molecule has 0 aliphatic heterocycles. The number of aryl methyl sites for hydroxylation is 2. The van der Waals surface area contributed by atoms with E-state index in [2.05, 4.69) is 29.6 Å². The summed E-state index contributed by atoms with van der Waals surface area (Å²) < 4.78 is 32.7. The molecule has 0 aromatic heterocycles. The van der Waals surface area contributed by atoms with E-state index in [-0.39, 0.29) is 29.8 Å². The summed E-state index contributed by atoms with van der Waals surface area (Å²) >= 11 is 0. The minimum Gasteiger partial charge on any atom is -0.497 e. The number of methoxy groups -OCH3 is 1.